The van der Waals surface area contributed by atoms with Gasteiger partial charge in [0.2, 0.25) is 0 Å². The van der Waals surface area contributed by atoms with Gasteiger partial charge in [0.05, 0.1) is 10.6 Å². The van der Waals surface area contributed by atoms with Crippen molar-refractivity contribution in [3.8, 4) is 10.6 Å². The Kier molecular flexibility index (Phi) is 2.84. The maximum Gasteiger partial charge on any atom is 0.339 e. The van der Waals surface area contributed by atoms with Gasteiger partial charge in [-0.2, -0.15) is 0 Å². The molecule has 0 unspecified atom stereocenters. The third-order valence-electron chi connectivity index (χ3n) is 2.13. The molecule has 0 bridgehead atoms. The first-order chi connectivity index (χ1) is 7.59. The number of carboxylic acids is 1. The van der Waals surface area contributed by atoms with Crippen LogP contribution in [0.25, 0.3) is 10.6 Å². The summed E-state index contributed by atoms with van der Waals surface area (Å²) in [5.74, 6) is -1.01. The molecule has 0 saturated carbocycles. The van der Waals surface area contributed by atoms with Crippen LogP contribution in [-0.2, 0) is 0 Å². The molecule has 2 heterocycles. The molecule has 2 aromatic rings. The van der Waals surface area contributed by atoms with Gasteiger partial charge in [-0.05, 0) is 36.2 Å². The number of aromatic nitrogens is 2. The van der Waals surface area contributed by atoms with E-state index in [-0.39, 0.29) is 10.3 Å². The zero-order chi connectivity index (χ0) is 11.7. The lowest BCUT2D eigenvalue weighted by Crippen LogP contribution is -2.03. The van der Waals surface area contributed by atoms with Crippen LogP contribution in [0.1, 0.15) is 15.9 Å². The lowest BCUT2D eigenvalue weighted by molar-refractivity contribution is 0.0697. The van der Waals surface area contributed by atoms with E-state index >= 15 is 0 Å². The highest BCUT2D eigenvalue weighted by Gasteiger charge is 2.15. The van der Waals surface area contributed by atoms with Crippen molar-refractivity contribution < 1.29 is 9.90 Å². The predicted molar refractivity (Wildman–Crippen MR) is 64.4 cm³/mol. The van der Waals surface area contributed by atoms with Gasteiger partial charge in [0.1, 0.15) is 5.56 Å². The van der Waals surface area contributed by atoms with Gasteiger partial charge in [-0.3, -0.25) is 0 Å². The Hall–Kier alpha value is -1.53. The summed E-state index contributed by atoms with van der Waals surface area (Å²) < 4.78 is 0.285. The second-order valence-electron chi connectivity index (χ2n) is 3.21. The highest BCUT2D eigenvalue weighted by atomic mass is 32.1. The van der Waals surface area contributed by atoms with E-state index in [9.17, 15) is 4.79 Å². The molecule has 0 atom stereocenters. The molecular formula is C10H8N2O2S2. The average Bonchev–Trinajstić information content (AvgIpc) is 2.63. The molecule has 2 rings (SSSR count). The van der Waals surface area contributed by atoms with Crippen LogP contribution in [0.3, 0.4) is 0 Å². The van der Waals surface area contributed by atoms with Gasteiger partial charge in [-0.1, -0.05) is 0 Å². The second-order valence-corrected chi connectivity index (χ2v) is 4.52. The number of nitrogens with one attached hydrogen (secondary N) is 1. The molecule has 0 aliphatic heterocycles. The Morgan fingerprint density at radius 3 is 2.94 bits per heavy atom. The molecule has 0 aliphatic rings. The number of aromatic amines is 1. The van der Waals surface area contributed by atoms with E-state index in [0.717, 1.165) is 10.4 Å². The van der Waals surface area contributed by atoms with Gasteiger partial charge in [-0.15, -0.1) is 11.3 Å². The van der Waals surface area contributed by atoms with Crippen LogP contribution in [0.5, 0.6) is 0 Å². The maximum atomic E-state index is 11.1. The third-order valence-corrected chi connectivity index (χ3v) is 3.37. The molecule has 16 heavy (non-hydrogen) atoms. The lowest BCUT2D eigenvalue weighted by atomic mass is 10.1. The predicted octanol–water partition coefficient (Wildman–Crippen LogP) is 2.87. The largest absolute Gasteiger partial charge is 0.478 e. The number of H-pyrrole nitrogens is 1. The Bertz CT molecular complexity index is 601. The maximum absolute atomic E-state index is 11.1. The van der Waals surface area contributed by atoms with E-state index in [4.69, 9.17) is 17.3 Å². The van der Waals surface area contributed by atoms with Gasteiger partial charge in [-0.25, -0.2) is 9.78 Å². The van der Waals surface area contributed by atoms with Crippen molar-refractivity contribution in [2.75, 3.05) is 0 Å². The summed E-state index contributed by atoms with van der Waals surface area (Å²) >= 11 is 6.38. The van der Waals surface area contributed by atoms with Gasteiger partial charge >= 0.3 is 5.97 Å². The number of hydrogen-bond donors (Lipinski definition) is 2. The first-order valence-electron chi connectivity index (χ1n) is 4.46. The highest BCUT2D eigenvalue weighted by molar-refractivity contribution is 7.71. The van der Waals surface area contributed by atoms with Crippen LogP contribution in [0.2, 0.25) is 0 Å². The summed E-state index contributed by atoms with van der Waals surface area (Å²) in [7, 11) is 0. The van der Waals surface area contributed by atoms with Crippen molar-refractivity contribution in [2.24, 2.45) is 0 Å². The average molecular weight is 252 g/mol. The van der Waals surface area contributed by atoms with Crippen molar-refractivity contribution in [3.05, 3.63) is 33.5 Å². The molecular weight excluding hydrogens is 244 g/mol. The SMILES string of the molecule is Cc1ccsc1-c1[nH]c(=S)ncc1C(=O)O. The van der Waals surface area contributed by atoms with Crippen molar-refractivity contribution in [1.29, 1.82) is 0 Å². The topological polar surface area (TPSA) is 66.0 Å². The number of carboxylic acid groups (broad SMARTS) is 1. The number of aryl methyl sites for hydroxylation is 1. The highest BCUT2D eigenvalue weighted by Crippen LogP contribution is 2.29. The van der Waals surface area contributed by atoms with E-state index in [1.54, 1.807) is 0 Å². The Morgan fingerprint density at radius 2 is 2.38 bits per heavy atom. The first kappa shape index (κ1) is 11.0. The summed E-state index contributed by atoms with van der Waals surface area (Å²) in [6, 6.07) is 1.93. The number of nitrogens with zero attached hydrogens (tertiary/aromatic N) is 1. The van der Waals surface area contributed by atoms with Crippen LogP contribution in [0.15, 0.2) is 17.6 Å². The van der Waals surface area contributed by atoms with Crippen molar-refractivity contribution in [1.82, 2.24) is 9.97 Å². The van der Waals surface area contributed by atoms with Crippen molar-refractivity contribution in [3.63, 3.8) is 0 Å². The number of hydrogen-bond acceptors (Lipinski definition) is 4. The number of aromatic carboxylic acids is 1. The number of rotatable bonds is 2. The van der Waals surface area contributed by atoms with Gasteiger partial charge in [0.25, 0.3) is 0 Å². The smallest absolute Gasteiger partial charge is 0.339 e. The molecule has 0 spiro atoms. The summed E-state index contributed by atoms with van der Waals surface area (Å²) in [5.41, 5.74) is 1.68. The molecule has 2 aromatic heterocycles. The number of carbonyl (C=O) groups is 1. The van der Waals surface area contributed by atoms with E-state index in [1.807, 2.05) is 18.4 Å². The fraction of sp³-hybridized carbons (Fsp3) is 0.100. The third kappa shape index (κ3) is 1.89. The quantitative estimate of drug-likeness (QED) is 0.806. The van der Waals surface area contributed by atoms with Gasteiger partial charge in [0, 0.05) is 6.20 Å². The Morgan fingerprint density at radius 1 is 1.62 bits per heavy atom. The monoisotopic (exact) mass is 252 g/mol. The fourth-order valence-corrected chi connectivity index (χ4v) is 2.46. The molecule has 0 fully saturated rings. The summed E-state index contributed by atoms with van der Waals surface area (Å²) in [6.45, 7) is 1.93. The zero-order valence-electron chi connectivity index (χ0n) is 8.35. The van der Waals surface area contributed by atoms with E-state index in [0.29, 0.717) is 5.69 Å². The summed E-state index contributed by atoms with van der Waals surface area (Å²) in [6.07, 6.45) is 1.29. The molecule has 82 valence electrons. The minimum absolute atomic E-state index is 0.138. The Labute approximate surface area is 101 Å². The van der Waals surface area contributed by atoms with E-state index < -0.39 is 5.97 Å². The Balaban J connectivity index is 2.72. The second kappa shape index (κ2) is 4.15. The summed E-state index contributed by atoms with van der Waals surface area (Å²) in [4.78, 5) is 18.5. The fourth-order valence-electron chi connectivity index (χ4n) is 1.36. The standard InChI is InChI=1S/C10H8N2O2S2/c1-5-2-3-16-8(5)7-6(9(13)14)4-11-10(15)12-7/h2-4H,1H3,(H,13,14)(H,11,12,15). The molecule has 0 aliphatic carbocycles. The van der Waals surface area contributed by atoms with E-state index in [2.05, 4.69) is 9.97 Å². The minimum atomic E-state index is -1.01. The molecule has 0 amide bonds. The molecule has 0 saturated heterocycles. The van der Waals surface area contributed by atoms with Crippen LogP contribution in [0, 0.1) is 11.7 Å². The van der Waals surface area contributed by atoms with Crippen LogP contribution >= 0.6 is 23.6 Å². The molecule has 0 aromatic carbocycles. The normalized spacial score (nSPS) is 10.3. The van der Waals surface area contributed by atoms with Gasteiger partial charge in [0.15, 0.2) is 4.77 Å². The van der Waals surface area contributed by atoms with E-state index in [1.165, 1.54) is 17.5 Å². The van der Waals surface area contributed by atoms with Crippen molar-refractivity contribution >= 4 is 29.5 Å². The van der Waals surface area contributed by atoms with Crippen LogP contribution in [-0.4, -0.2) is 21.0 Å². The van der Waals surface area contributed by atoms with Crippen LogP contribution < -0.4 is 0 Å². The van der Waals surface area contributed by atoms with Crippen molar-refractivity contribution in [2.45, 2.75) is 6.92 Å². The minimum Gasteiger partial charge on any atom is -0.478 e. The summed E-state index contributed by atoms with van der Waals surface area (Å²) in [5, 5.41) is 11.0. The van der Waals surface area contributed by atoms with Crippen LogP contribution in [0.4, 0.5) is 0 Å². The number of thiophene rings is 1. The lowest BCUT2D eigenvalue weighted by Gasteiger charge is -2.04. The van der Waals surface area contributed by atoms with Gasteiger partial charge < -0.3 is 10.1 Å². The zero-order valence-corrected chi connectivity index (χ0v) is 9.98. The molecule has 0 radical (unpaired) electrons. The molecule has 2 N–H and O–H groups in total. The molecule has 4 nitrogen and oxygen atoms in total. The first-order valence-corrected chi connectivity index (χ1v) is 5.75. The molecule has 6 heteroatoms.